The highest BCUT2D eigenvalue weighted by atomic mass is 35.5. The summed E-state index contributed by atoms with van der Waals surface area (Å²) in [4.78, 5) is 14.1. The van der Waals surface area contributed by atoms with Gasteiger partial charge in [0.1, 0.15) is 0 Å². The minimum absolute atomic E-state index is 0.0125. The molecule has 0 radical (unpaired) electrons. The molecule has 22 heavy (non-hydrogen) atoms. The Hall–Kier alpha value is -1.11. The highest BCUT2D eigenvalue weighted by Gasteiger charge is 2.34. The maximum Gasteiger partial charge on any atom is 0.243 e. The highest BCUT2D eigenvalue weighted by Crippen LogP contribution is 2.25. The molecular formula is C15H21ClN2O3S. The van der Waals surface area contributed by atoms with Crippen molar-refractivity contribution in [1.29, 1.82) is 0 Å². The van der Waals surface area contributed by atoms with Crippen LogP contribution in [0.4, 0.5) is 0 Å². The molecule has 0 bridgehead atoms. The molecule has 2 rings (SSSR count). The van der Waals surface area contributed by atoms with Crippen LogP contribution in [0.3, 0.4) is 0 Å². The first-order chi connectivity index (χ1) is 10.4. The van der Waals surface area contributed by atoms with E-state index in [0.717, 1.165) is 6.42 Å². The smallest absolute Gasteiger partial charge is 0.243 e. The monoisotopic (exact) mass is 344 g/mol. The predicted octanol–water partition coefficient (Wildman–Crippen LogP) is 2.22. The Balaban J connectivity index is 2.18. The lowest BCUT2D eigenvalue weighted by molar-refractivity contribution is -0.135. The molecule has 1 atom stereocenters. The van der Waals surface area contributed by atoms with E-state index in [1.165, 1.54) is 16.4 Å². The van der Waals surface area contributed by atoms with Gasteiger partial charge in [-0.05, 0) is 44.0 Å². The third kappa shape index (κ3) is 3.62. The number of amides is 1. The van der Waals surface area contributed by atoms with Crippen molar-refractivity contribution in [3.8, 4) is 0 Å². The molecule has 0 aliphatic carbocycles. The maximum atomic E-state index is 12.7. The molecule has 1 aromatic rings. The summed E-state index contributed by atoms with van der Waals surface area (Å²) < 4.78 is 26.7. The average Bonchev–Trinajstić information content (AvgIpc) is 2.54. The Morgan fingerprint density at radius 1 is 1.36 bits per heavy atom. The molecule has 1 fully saturated rings. The Kier molecular flexibility index (Phi) is 5.47. The van der Waals surface area contributed by atoms with Crippen LogP contribution in [0.5, 0.6) is 0 Å². The molecule has 0 aromatic heterocycles. The van der Waals surface area contributed by atoms with E-state index >= 15 is 0 Å². The van der Waals surface area contributed by atoms with Crippen LogP contribution in [0, 0.1) is 5.92 Å². The van der Waals surface area contributed by atoms with E-state index < -0.39 is 10.0 Å². The first-order valence-corrected chi connectivity index (χ1v) is 9.18. The Morgan fingerprint density at radius 2 is 2.00 bits per heavy atom. The van der Waals surface area contributed by atoms with E-state index in [0.29, 0.717) is 24.5 Å². The number of piperidine rings is 1. The molecule has 1 aromatic carbocycles. The first-order valence-electron chi connectivity index (χ1n) is 7.37. The fourth-order valence-corrected chi connectivity index (χ4v) is 4.24. The predicted molar refractivity (Wildman–Crippen MR) is 86.2 cm³/mol. The molecule has 5 nitrogen and oxygen atoms in total. The van der Waals surface area contributed by atoms with Gasteiger partial charge in [0.05, 0.1) is 10.8 Å². The van der Waals surface area contributed by atoms with E-state index in [1.807, 2.05) is 6.92 Å². The lowest BCUT2D eigenvalue weighted by Crippen LogP contribution is -2.45. The highest BCUT2D eigenvalue weighted by molar-refractivity contribution is 7.89. The lowest BCUT2D eigenvalue weighted by Gasteiger charge is -2.33. The molecule has 1 aliphatic rings. The van der Waals surface area contributed by atoms with Gasteiger partial charge in [-0.1, -0.05) is 11.6 Å². The van der Waals surface area contributed by atoms with Crippen molar-refractivity contribution >= 4 is 27.5 Å². The van der Waals surface area contributed by atoms with Crippen molar-refractivity contribution < 1.29 is 13.2 Å². The summed E-state index contributed by atoms with van der Waals surface area (Å²) in [5, 5.41) is 0.496. The molecular weight excluding hydrogens is 324 g/mol. The van der Waals surface area contributed by atoms with Crippen molar-refractivity contribution in [2.75, 3.05) is 26.7 Å². The van der Waals surface area contributed by atoms with Gasteiger partial charge in [0.2, 0.25) is 15.9 Å². The Bertz CT molecular complexity index is 631. The summed E-state index contributed by atoms with van der Waals surface area (Å²) in [5.74, 6) is -0.251. The van der Waals surface area contributed by atoms with Crippen LogP contribution in [0.1, 0.15) is 19.8 Å². The number of hydrogen-bond donors (Lipinski definition) is 0. The van der Waals surface area contributed by atoms with E-state index in [-0.39, 0.29) is 23.3 Å². The fraction of sp³-hybridized carbons (Fsp3) is 0.533. The molecule has 1 heterocycles. The second kappa shape index (κ2) is 6.98. The number of rotatable bonds is 4. The van der Waals surface area contributed by atoms with E-state index in [1.54, 1.807) is 24.1 Å². The van der Waals surface area contributed by atoms with Crippen LogP contribution < -0.4 is 0 Å². The Labute approximate surface area is 136 Å². The summed E-state index contributed by atoms with van der Waals surface area (Å²) in [6.07, 6.45) is 1.43. The van der Waals surface area contributed by atoms with Gasteiger partial charge in [-0.15, -0.1) is 0 Å². The fourth-order valence-electron chi connectivity index (χ4n) is 2.59. The molecule has 122 valence electrons. The largest absolute Gasteiger partial charge is 0.346 e. The third-order valence-corrected chi connectivity index (χ3v) is 6.17. The van der Waals surface area contributed by atoms with Gasteiger partial charge in [-0.2, -0.15) is 4.31 Å². The third-order valence-electron chi connectivity index (χ3n) is 4.04. The minimum Gasteiger partial charge on any atom is -0.346 e. The summed E-state index contributed by atoms with van der Waals surface area (Å²) in [7, 11) is -1.83. The average molecular weight is 345 g/mol. The number of halogens is 1. The van der Waals surface area contributed by atoms with Gasteiger partial charge < -0.3 is 4.90 Å². The molecule has 1 saturated heterocycles. The van der Waals surface area contributed by atoms with Crippen molar-refractivity contribution in [3.63, 3.8) is 0 Å². The lowest BCUT2D eigenvalue weighted by atomic mass is 9.98. The SMILES string of the molecule is CCN(C)C(=O)C1CCCN(S(=O)(=O)c2ccc(Cl)cc2)C1. The maximum absolute atomic E-state index is 12.7. The summed E-state index contributed by atoms with van der Waals surface area (Å²) in [6, 6.07) is 6.13. The number of benzene rings is 1. The van der Waals surface area contributed by atoms with Crippen molar-refractivity contribution in [2.24, 2.45) is 5.92 Å². The number of nitrogens with zero attached hydrogens (tertiary/aromatic N) is 2. The Morgan fingerprint density at radius 3 is 2.59 bits per heavy atom. The normalized spacial score (nSPS) is 19.9. The van der Waals surface area contributed by atoms with Crippen LogP contribution >= 0.6 is 11.6 Å². The molecule has 0 spiro atoms. The second-order valence-corrected chi connectivity index (χ2v) is 7.88. The number of carbonyl (C=O) groups is 1. The van der Waals surface area contributed by atoms with Gasteiger partial charge in [-0.3, -0.25) is 4.79 Å². The van der Waals surface area contributed by atoms with E-state index in [2.05, 4.69) is 0 Å². The first kappa shape index (κ1) is 17.2. The minimum atomic E-state index is -3.57. The molecule has 1 amide bonds. The number of carbonyl (C=O) groups excluding carboxylic acids is 1. The van der Waals surface area contributed by atoms with Crippen LogP contribution in [0.15, 0.2) is 29.2 Å². The topological polar surface area (TPSA) is 57.7 Å². The number of sulfonamides is 1. The quantitative estimate of drug-likeness (QED) is 0.841. The van der Waals surface area contributed by atoms with Gasteiger partial charge in [0.15, 0.2) is 0 Å². The van der Waals surface area contributed by atoms with Crippen LogP contribution in [-0.4, -0.2) is 50.2 Å². The van der Waals surface area contributed by atoms with Gasteiger partial charge >= 0.3 is 0 Å². The molecule has 1 aliphatic heterocycles. The molecule has 0 saturated carbocycles. The van der Waals surface area contributed by atoms with Crippen LogP contribution in [0.25, 0.3) is 0 Å². The van der Waals surface area contributed by atoms with Gasteiger partial charge in [0, 0.05) is 31.7 Å². The molecule has 0 N–H and O–H groups in total. The van der Waals surface area contributed by atoms with Crippen molar-refractivity contribution in [3.05, 3.63) is 29.3 Å². The zero-order chi connectivity index (χ0) is 16.3. The second-order valence-electron chi connectivity index (χ2n) is 5.51. The standard InChI is InChI=1S/C15H21ClN2O3S/c1-3-17(2)15(19)12-5-4-10-18(11-12)22(20,21)14-8-6-13(16)7-9-14/h6-9,12H,3-5,10-11H2,1-2H3. The van der Waals surface area contributed by atoms with Crippen LogP contribution in [0.2, 0.25) is 5.02 Å². The van der Waals surface area contributed by atoms with E-state index in [9.17, 15) is 13.2 Å². The zero-order valence-corrected chi connectivity index (χ0v) is 14.4. The van der Waals surface area contributed by atoms with Crippen molar-refractivity contribution in [2.45, 2.75) is 24.7 Å². The van der Waals surface area contributed by atoms with Gasteiger partial charge in [0.25, 0.3) is 0 Å². The van der Waals surface area contributed by atoms with E-state index in [4.69, 9.17) is 11.6 Å². The summed E-state index contributed by atoms with van der Waals surface area (Å²) in [5.41, 5.74) is 0. The summed E-state index contributed by atoms with van der Waals surface area (Å²) >= 11 is 5.80. The zero-order valence-electron chi connectivity index (χ0n) is 12.8. The molecule has 1 unspecified atom stereocenters. The van der Waals surface area contributed by atoms with Gasteiger partial charge in [-0.25, -0.2) is 8.42 Å². The summed E-state index contributed by atoms with van der Waals surface area (Å²) in [6.45, 7) is 3.22. The van der Waals surface area contributed by atoms with Crippen molar-refractivity contribution in [1.82, 2.24) is 9.21 Å². The molecule has 7 heteroatoms. The number of hydrogen-bond acceptors (Lipinski definition) is 3. The van der Waals surface area contributed by atoms with Crippen LogP contribution in [-0.2, 0) is 14.8 Å².